The number of anilines is 1. The number of carbonyl (C=O) groups excluding carboxylic acids is 1. The van der Waals surface area contributed by atoms with Gasteiger partial charge in [-0.05, 0) is 47.2 Å². The second-order valence-corrected chi connectivity index (χ2v) is 14.1. The highest BCUT2D eigenvalue weighted by Crippen LogP contribution is 2.21. The SMILES string of the molecule is CCCCCCCCCCCCN(CCCCCCCCCCCC)c1ccc(/C=C/c2ccc(/C=C/c3ccc(C=O)cc3)cc2)cc1. The second kappa shape index (κ2) is 26.5. The van der Waals surface area contributed by atoms with Crippen molar-refractivity contribution >= 4 is 36.3 Å². The van der Waals surface area contributed by atoms with Crippen molar-refractivity contribution in [2.75, 3.05) is 18.0 Å². The van der Waals surface area contributed by atoms with E-state index in [9.17, 15) is 4.79 Å². The number of aldehydes is 1. The van der Waals surface area contributed by atoms with Crippen LogP contribution >= 0.6 is 0 Å². The van der Waals surface area contributed by atoms with Gasteiger partial charge in [-0.3, -0.25) is 4.79 Å². The molecule has 0 saturated carbocycles. The molecule has 3 aromatic carbocycles. The molecule has 0 aliphatic heterocycles. The first-order chi connectivity index (χ1) is 24.2. The molecule has 3 rings (SSSR count). The van der Waals surface area contributed by atoms with E-state index in [4.69, 9.17) is 0 Å². The highest BCUT2D eigenvalue weighted by Gasteiger charge is 2.07. The predicted octanol–water partition coefficient (Wildman–Crippen LogP) is 14.5. The normalized spacial score (nSPS) is 11.6. The number of carbonyl (C=O) groups is 1. The van der Waals surface area contributed by atoms with Crippen LogP contribution in [0.1, 0.15) is 175 Å². The Balaban J connectivity index is 1.46. The highest BCUT2D eigenvalue weighted by atomic mass is 16.1. The molecule has 266 valence electrons. The van der Waals surface area contributed by atoms with Crippen LogP contribution in [0.4, 0.5) is 5.69 Å². The summed E-state index contributed by atoms with van der Waals surface area (Å²) in [6.07, 6.45) is 37.3. The second-order valence-electron chi connectivity index (χ2n) is 14.1. The highest BCUT2D eigenvalue weighted by molar-refractivity contribution is 5.77. The molecule has 0 aliphatic carbocycles. The lowest BCUT2D eigenvalue weighted by molar-refractivity contribution is 0.112. The van der Waals surface area contributed by atoms with Gasteiger partial charge in [-0.2, -0.15) is 0 Å². The Morgan fingerprint density at radius 1 is 0.367 bits per heavy atom. The summed E-state index contributed by atoms with van der Waals surface area (Å²) in [5, 5.41) is 0. The lowest BCUT2D eigenvalue weighted by atomic mass is 10.1. The van der Waals surface area contributed by atoms with Crippen LogP contribution in [0, 0.1) is 0 Å². The van der Waals surface area contributed by atoms with E-state index in [2.05, 4.69) is 91.6 Å². The van der Waals surface area contributed by atoms with Crippen LogP contribution in [0.2, 0.25) is 0 Å². The number of hydrogen-bond acceptors (Lipinski definition) is 2. The van der Waals surface area contributed by atoms with Crippen molar-refractivity contribution in [2.45, 2.75) is 142 Å². The average Bonchev–Trinajstić information content (AvgIpc) is 3.14. The van der Waals surface area contributed by atoms with Gasteiger partial charge in [0.25, 0.3) is 0 Å². The Kier molecular flexibility index (Phi) is 21.6. The van der Waals surface area contributed by atoms with Crippen LogP contribution in [0.5, 0.6) is 0 Å². The first-order valence-electron chi connectivity index (χ1n) is 20.1. The van der Waals surface area contributed by atoms with Gasteiger partial charge in [-0.15, -0.1) is 0 Å². The third kappa shape index (κ3) is 18.3. The zero-order chi connectivity index (χ0) is 34.6. The molecule has 3 aromatic rings. The van der Waals surface area contributed by atoms with Gasteiger partial charge in [0, 0.05) is 24.3 Å². The van der Waals surface area contributed by atoms with E-state index in [0.29, 0.717) is 5.56 Å². The molecule has 0 radical (unpaired) electrons. The monoisotopic (exact) mass is 662 g/mol. The van der Waals surface area contributed by atoms with Crippen LogP contribution in [0.3, 0.4) is 0 Å². The Morgan fingerprint density at radius 3 is 0.939 bits per heavy atom. The van der Waals surface area contributed by atoms with E-state index in [1.54, 1.807) is 0 Å². The first-order valence-corrected chi connectivity index (χ1v) is 20.1. The quantitative estimate of drug-likeness (QED) is 0.0438. The standard InChI is InChI=1S/C47H67NO/c1-3-5-7-9-11-13-15-17-19-21-39-48(40-22-20-18-16-14-12-10-8-6-4-2)47-37-35-45(36-38-47)30-29-43-25-23-42(24-26-43)27-28-44-31-33-46(41-49)34-32-44/h23-38,41H,3-22,39-40H2,1-2H3/b28-27+,30-29+. The first kappa shape index (κ1) is 40.0. The summed E-state index contributed by atoms with van der Waals surface area (Å²) in [7, 11) is 0. The van der Waals surface area contributed by atoms with E-state index in [0.717, 1.165) is 17.4 Å². The van der Waals surface area contributed by atoms with Crippen LogP contribution < -0.4 is 4.90 Å². The third-order valence-electron chi connectivity index (χ3n) is 9.77. The van der Waals surface area contributed by atoms with Crippen LogP contribution in [-0.4, -0.2) is 19.4 Å². The maximum atomic E-state index is 10.9. The van der Waals surface area contributed by atoms with Gasteiger partial charge in [0.1, 0.15) is 6.29 Å². The largest absolute Gasteiger partial charge is 0.372 e. The number of unbranched alkanes of at least 4 members (excludes halogenated alkanes) is 18. The third-order valence-corrected chi connectivity index (χ3v) is 9.77. The Bertz CT molecular complexity index is 1260. The minimum atomic E-state index is 0.703. The Labute approximate surface area is 301 Å². The molecule has 0 heterocycles. The summed E-state index contributed by atoms with van der Waals surface area (Å²) < 4.78 is 0. The fraction of sp³-hybridized carbons (Fsp3) is 0.511. The molecule has 0 spiro atoms. The molecule has 0 unspecified atom stereocenters. The molecule has 0 fully saturated rings. The van der Waals surface area contributed by atoms with E-state index < -0.39 is 0 Å². The van der Waals surface area contributed by atoms with Gasteiger partial charge in [-0.25, -0.2) is 0 Å². The lowest BCUT2D eigenvalue weighted by Crippen LogP contribution is -2.25. The molecule has 0 bridgehead atoms. The van der Waals surface area contributed by atoms with Gasteiger partial charge in [0.05, 0.1) is 0 Å². The number of benzene rings is 3. The van der Waals surface area contributed by atoms with Gasteiger partial charge < -0.3 is 4.90 Å². The number of rotatable bonds is 28. The van der Waals surface area contributed by atoms with Crippen molar-refractivity contribution in [1.82, 2.24) is 0 Å². The van der Waals surface area contributed by atoms with Crippen LogP contribution in [0.15, 0.2) is 72.8 Å². The minimum absolute atomic E-state index is 0.703. The van der Waals surface area contributed by atoms with Crippen LogP contribution in [0.25, 0.3) is 24.3 Å². The molecule has 0 aromatic heterocycles. The maximum absolute atomic E-state index is 10.9. The van der Waals surface area contributed by atoms with Crippen molar-refractivity contribution in [3.63, 3.8) is 0 Å². The summed E-state index contributed by atoms with van der Waals surface area (Å²) in [5.41, 5.74) is 6.76. The topological polar surface area (TPSA) is 20.3 Å². The molecule has 0 saturated heterocycles. The van der Waals surface area contributed by atoms with E-state index in [1.165, 1.54) is 158 Å². The minimum Gasteiger partial charge on any atom is -0.372 e. The summed E-state index contributed by atoms with van der Waals surface area (Å²) in [6.45, 7) is 6.95. The van der Waals surface area contributed by atoms with Gasteiger partial charge in [0.15, 0.2) is 0 Å². The Hall–Kier alpha value is -3.39. The van der Waals surface area contributed by atoms with Gasteiger partial charge >= 0.3 is 0 Å². The fourth-order valence-corrected chi connectivity index (χ4v) is 6.54. The van der Waals surface area contributed by atoms with Crippen molar-refractivity contribution in [2.24, 2.45) is 0 Å². The van der Waals surface area contributed by atoms with E-state index >= 15 is 0 Å². The Morgan fingerprint density at radius 2 is 0.633 bits per heavy atom. The molecule has 0 amide bonds. The number of hydrogen-bond donors (Lipinski definition) is 0. The van der Waals surface area contributed by atoms with Crippen molar-refractivity contribution < 1.29 is 4.79 Å². The molecule has 0 aliphatic rings. The van der Waals surface area contributed by atoms with E-state index in [-0.39, 0.29) is 0 Å². The van der Waals surface area contributed by atoms with Gasteiger partial charge in [0.2, 0.25) is 0 Å². The molecule has 2 heteroatoms. The molecular weight excluding hydrogens is 595 g/mol. The van der Waals surface area contributed by atoms with Crippen molar-refractivity contribution in [1.29, 1.82) is 0 Å². The van der Waals surface area contributed by atoms with Gasteiger partial charge in [-0.1, -0.05) is 214 Å². The zero-order valence-electron chi connectivity index (χ0n) is 31.2. The molecule has 0 N–H and O–H groups in total. The van der Waals surface area contributed by atoms with E-state index in [1.807, 2.05) is 24.3 Å². The summed E-state index contributed by atoms with van der Waals surface area (Å²) in [6, 6.07) is 25.5. The summed E-state index contributed by atoms with van der Waals surface area (Å²) >= 11 is 0. The average molecular weight is 662 g/mol. The lowest BCUT2D eigenvalue weighted by Gasteiger charge is -2.25. The van der Waals surface area contributed by atoms with Crippen LogP contribution in [-0.2, 0) is 0 Å². The smallest absolute Gasteiger partial charge is 0.150 e. The maximum Gasteiger partial charge on any atom is 0.150 e. The molecule has 49 heavy (non-hydrogen) atoms. The molecule has 0 atom stereocenters. The summed E-state index contributed by atoms with van der Waals surface area (Å²) in [4.78, 5) is 13.5. The fourth-order valence-electron chi connectivity index (χ4n) is 6.54. The summed E-state index contributed by atoms with van der Waals surface area (Å²) in [5.74, 6) is 0. The molecule has 2 nitrogen and oxygen atoms in total. The molecular formula is C47H67NO. The predicted molar refractivity (Wildman–Crippen MR) is 218 cm³/mol. The number of nitrogens with zero attached hydrogens (tertiary/aromatic N) is 1. The zero-order valence-corrected chi connectivity index (χ0v) is 31.2. The van der Waals surface area contributed by atoms with Crippen molar-refractivity contribution in [3.8, 4) is 0 Å². The van der Waals surface area contributed by atoms with Crippen molar-refractivity contribution in [3.05, 3.63) is 101 Å².